The molecule has 0 amide bonds. The Bertz CT molecular complexity index is 557. The van der Waals surface area contributed by atoms with Crippen LogP contribution in [-0.4, -0.2) is 15.6 Å². The van der Waals surface area contributed by atoms with Crippen LogP contribution in [0.5, 0.6) is 0 Å². The highest BCUT2D eigenvalue weighted by atomic mass is 79.9. The third-order valence-corrected chi connectivity index (χ3v) is 3.02. The van der Waals surface area contributed by atoms with Gasteiger partial charge >= 0.3 is 5.97 Å². The molecular formula is C11H10BrNO2. The molecular weight excluding hydrogens is 258 g/mol. The van der Waals surface area contributed by atoms with Crippen molar-refractivity contribution in [3.63, 3.8) is 0 Å². The molecule has 0 saturated heterocycles. The largest absolute Gasteiger partial charge is 0.478 e. The normalized spacial score (nSPS) is 10.9. The first-order valence-corrected chi connectivity index (χ1v) is 5.29. The number of benzene rings is 1. The maximum atomic E-state index is 11.1. The van der Waals surface area contributed by atoms with Crippen LogP contribution < -0.4 is 0 Å². The molecule has 2 aromatic rings. The van der Waals surface area contributed by atoms with Gasteiger partial charge in [0.05, 0.1) is 11.1 Å². The Balaban J connectivity index is 2.94. The van der Waals surface area contributed by atoms with E-state index in [1.807, 2.05) is 30.7 Å². The van der Waals surface area contributed by atoms with Gasteiger partial charge < -0.3 is 9.67 Å². The molecule has 0 aliphatic rings. The Morgan fingerprint density at radius 3 is 2.67 bits per heavy atom. The number of halogens is 1. The highest BCUT2D eigenvalue weighted by molar-refractivity contribution is 9.10. The molecule has 3 nitrogen and oxygen atoms in total. The van der Waals surface area contributed by atoms with Crippen molar-refractivity contribution in [2.75, 3.05) is 0 Å². The number of hydrogen-bond acceptors (Lipinski definition) is 1. The van der Waals surface area contributed by atoms with Crippen LogP contribution in [0.3, 0.4) is 0 Å². The monoisotopic (exact) mass is 267 g/mol. The first kappa shape index (κ1) is 10.2. The van der Waals surface area contributed by atoms with Crippen molar-refractivity contribution in [3.8, 4) is 0 Å². The van der Waals surface area contributed by atoms with Gasteiger partial charge in [0.15, 0.2) is 0 Å². The van der Waals surface area contributed by atoms with E-state index in [-0.39, 0.29) is 0 Å². The Hall–Kier alpha value is -1.29. The van der Waals surface area contributed by atoms with E-state index in [0.29, 0.717) is 5.56 Å². The van der Waals surface area contributed by atoms with E-state index >= 15 is 0 Å². The van der Waals surface area contributed by atoms with E-state index in [2.05, 4.69) is 15.9 Å². The Morgan fingerprint density at radius 2 is 2.07 bits per heavy atom. The molecule has 15 heavy (non-hydrogen) atoms. The average molecular weight is 268 g/mol. The maximum absolute atomic E-state index is 11.1. The summed E-state index contributed by atoms with van der Waals surface area (Å²) in [4.78, 5) is 11.1. The van der Waals surface area contributed by atoms with E-state index in [4.69, 9.17) is 5.11 Å². The van der Waals surface area contributed by atoms with Gasteiger partial charge in [0.2, 0.25) is 0 Å². The third-order valence-electron chi connectivity index (χ3n) is 2.56. The van der Waals surface area contributed by atoms with Crippen LogP contribution in [0.4, 0.5) is 0 Å². The van der Waals surface area contributed by atoms with E-state index in [0.717, 1.165) is 21.1 Å². The van der Waals surface area contributed by atoms with Crippen molar-refractivity contribution in [2.45, 2.75) is 6.92 Å². The number of rotatable bonds is 1. The first-order valence-electron chi connectivity index (χ1n) is 4.49. The number of fused-ring (bicyclic) bond motifs is 1. The summed E-state index contributed by atoms with van der Waals surface area (Å²) in [5, 5.41) is 10.1. The van der Waals surface area contributed by atoms with Gasteiger partial charge in [0, 0.05) is 22.6 Å². The molecule has 1 aromatic heterocycles. The number of aromatic nitrogens is 1. The topological polar surface area (TPSA) is 42.2 Å². The van der Waals surface area contributed by atoms with Crippen LogP contribution in [0.25, 0.3) is 10.9 Å². The molecule has 0 unspecified atom stereocenters. The Kier molecular flexibility index (Phi) is 2.31. The second kappa shape index (κ2) is 3.38. The number of nitrogens with zero attached hydrogens (tertiary/aromatic N) is 1. The summed E-state index contributed by atoms with van der Waals surface area (Å²) in [6.07, 6.45) is 0. The van der Waals surface area contributed by atoms with Gasteiger partial charge in [0.1, 0.15) is 0 Å². The molecule has 1 aromatic carbocycles. The van der Waals surface area contributed by atoms with Crippen molar-refractivity contribution in [2.24, 2.45) is 7.05 Å². The minimum Gasteiger partial charge on any atom is -0.478 e. The van der Waals surface area contributed by atoms with Crippen molar-refractivity contribution in [1.82, 2.24) is 4.57 Å². The first-order chi connectivity index (χ1) is 7.00. The lowest BCUT2D eigenvalue weighted by molar-refractivity contribution is 0.0698. The minimum absolute atomic E-state index is 0.329. The summed E-state index contributed by atoms with van der Waals surface area (Å²) >= 11 is 3.31. The van der Waals surface area contributed by atoms with Crippen molar-refractivity contribution >= 4 is 32.8 Å². The van der Waals surface area contributed by atoms with Gasteiger partial charge in [-0.1, -0.05) is 15.9 Å². The van der Waals surface area contributed by atoms with Crippen LogP contribution in [0, 0.1) is 6.92 Å². The van der Waals surface area contributed by atoms with E-state index in [1.165, 1.54) is 0 Å². The number of hydrogen-bond donors (Lipinski definition) is 1. The molecule has 1 N–H and O–H groups in total. The summed E-state index contributed by atoms with van der Waals surface area (Å²) < 4.78 is 2.68. The van der Waals surface area contributed by atoms with Crippen LogP contribution >= 0.6 is 15.9 Å². The smallest absolute Gasteiger partial charge is 0.337 e. The van der Waals surface area contributed by atoms with Crippen LogP contribution in [-0.2, 0) is 7.05 Å². The van der Waals surface area contributed by atoms with Crippen LogP contribution in [0.15, 0.2) is 22.7 Å². The van der Waals surface area contributed by atoms with Gasteiger partial charge in [-0.3, -0.25) is 0 Å². The standard InChI is InChI=1S/C11H10BrNO2/c1-6-3-7-4-8(12)5-9(11(14)15)10(7)13(6)2/h3-5H,1-2H3,(H,14,15). The fourth-order valence-electron chi connectivity index (χ4n) is 1.77. The average Bonchev–Trinajstić information content (AvgIpc) is 2.41. The summed E-state index contributed by atoms with van der Waals surface area (Å²) in [6.45, 7) is 1.96. The number of carbonyl (C=O) groups is 1. The summed E-state index contributed by atoms with van der Waals surface area (Å²) in [5.41, 5.74) is 2.14. The molecule has 0 saturated carbocycles. The second-order valence-electron chi connectivity index (χ2n) is 3.54. The Labute approximate surface area is 95.5 Å². The molecule has 0 radical (unpaired) electrons. The highest BCUT2D eigenvalue weighted by Gasteiger charge is 2.13. The van der Waals surface area contributed by atoms with Gasteiger partial charge in [-0.05, 0) is 25.1 Å². The predicted molar refractivity (Wildman–Crippen MR) is 62.3 cm³/mol. The predicted octanol–water partition coefficient (Wildman–Crippen LogP) is 2.95. The van der Waals surface area contributed by atoms with Gasteiger partial charge in [-0.15, -0.1) is 0 Å². The molecule has 0 aliphatic heterocycles. The van der Waals surface area contributed by atoms with Gasteiger partial charge in [-0.2, -0.15) is 0 Å². The molecule has 0 aliphatic carbocycles. The fraction of sp³-hybridized carbons (Fsp3) is 0.182. The summed E-state index contributed by atoms with van der Waals surface area (Å²) in [5.74, 6) is -0.900. The van der Waals surface area contributed by atoms with E-state index < -0.39 is 5.97 Å². The fourth-order valence-corrected chi connectivity index (χ4v) is 2.24. The third kappa shape index (κ3) is 1.55. The zero-order valence-electron chi connectivity index (χ0n) is 8.41. The zero-order chi connectivity index (χ0) is 11.2. The molecule has 0 bridgehead atoms. The highest BCUT2D eigenvalue weighted by Crippen LogP contribution is 2.26. The zero-order valence-corrected chi connectivity index (χ0v) is 10.00. The molecule has 2 rings (SSSR count). The summed E-state index contributed by atoms with van der Waals surface area (Å²) in [7, 11) is 1.87. The van der Waals surface area contributed by atoms with E-state index in [1.54, 1.807) is 6.07 Å². The number of aromatic carboxylic acids is 1. The molecule has 4 heteroatoms. The van der Waals surface area contributed by atoms with Crippen LogP contribution in [0.2, 0.25) is 0 Å². The van der Waals surface area contributed by atoms with Crippen molar-refractivity contribution in [3.05, 3.63) is 33.9 Å². The lowest BCUT2D eigenvalue weighted by Gasteiger charge is -2.03. The minimum atomic E-state index is -0.900. The lowest BCUT2D eigenvalue weighted by Crippen LogP contribution is -2.01. The number of carboxylic acid groups (broad SMARTS) is 1. The maximum Gasteiger partial charge on any atom is 0.337 e. The van der Waals surface area contributed by atoms with Crippen molar-refractivity contribution < 1.29 is 9.90 Å². The number of carboxylic acids is 1. The van der Waals surface area contributed by atoms with Crippen LogP contribution in [0.1, 0.15) is 16.1 Å². The van der Waals surface area contributed by atoms with Gasteiger partial charge in [0.25, 0.3) is 0 Å². The molecule has 0 atom stereocenters. The molecule has 78 valence electrons. The second-order valence-corrected chi connectivity index (χ2v) is 4.46. The quantitative estimate of drug-likeness (QED) is 0.863. The number of aryl methyl sites for hydroxylation is 2. The van der Waals surface area contributed by atoms with E-state index in [9.17, 15) is 4.79 Å². The molecule has 0 fully saturated rings. The molecule has 1 heterocycles. The molecule has 0 spiro atoms. The SMILES string of the molecule is Cc1cc2cc(Br)cc(C(=O)O)c2n1C. The lowest BCUT2D eigenvalue weighted by atomic mass is 10.1. The van der Waals surface area contributed by atoms with Crippen molar-refractivity contribution in [1.29, 1.82) is 0 Å². The Morgan fingerprint density at radius 1 is 1.40 bits per heavy atom. The summed E-state index contributed by atoms with van der Waals surface area (Å²) in [6, 6.07) is 5.53. The van der Waals surface area contributed by atoms with Gasteiger partial charge in [-0.25, -0.2) is 4.79 Å².